The van der Waals surface area contributed by atoms with Gasteiger partial charge in [0.05, 0.1) is 5.75 Å². The largest absolute Gasteiger partial charge is 0.360 e. The molecule has 1 aliphatic heterocycles. The lowest BCUT2D eigenvalue weighted by atomic mass is 10.1. The van der Waals surface area contributed by atoms with E-state index in [-0.39, 0.29) is 29.1 Å². The number of amides is 2. The van der Waals surface area contributed by atoms with E-state index in [4.69, 9.17) is 4.52 Å². The minimum Gasteiger partial charge on any atom is -0.360 e. The summed E-state index contributed by atoms with van der Waals surface area (Å²) in [4.78, 5) is 23.2. The number of nitrogens with one attached hydrogen (secondary N) is 3. The molecule has 1 aromatic rings. The van der Waals surface area contributed by atoms with Gasteiger partial charge in [-0.3, -0.25) is 14.9 Å². The number of thioether (sulfide) groups is 1. The van der Waals surface area contributed by atoms with Crippen molar-refractivity contribution in [2.75, 3.05) is 11.1 Å². The third-order valence-electron chi connectivity index (χ3n) is 2.88. The quantitative estimate of drug-likeness (QED) is 0.745. The zero-order valence-corrected chi connectivity index (χ0v) is 12.3. The molecule has 110 valence electrons. The number of hydrogen-bond acceptors (Lipinski definition) is 6. The molecule has 3 N–H and O–H groups in total. The van der Waals surface area contributed by atoms with Crippen LogP contribution in [-0.4, -0.2) is 34.3 Å². The Morgan fingerprint density at radius 2 is 2.45 bits per heavy atom. The smallest absolute Gasteiger partial charge is 0.235 e. The summed E-state index contributed by atoms with van der Waals surface area (Å²) in [6.45, 7) is 3.78. The van der Waals surface area contributed by atoms with Gasteiger partial charge < -0.3 is 15.2 Å². The second-order valence-corrected chi connectivity index (χ2v) is 5.70. The molecule has 0 aliphatic carbocycles. The lowest BCUT2D eigenvalue weighted by molar-refractivity contribution is -0.123. The van der Waals surface area contributed by atoms with Crippen molar-refractivity contribution in [2.45, 2.75) is 38.2 Å². The lowest BCUT2D eigenvalue weighted by Crippen LogP contribution is -2.54. The fraction of sp³-hybridized carbons (Fsp3) is 0.583. The number of carbonyl (C=O) groups is 2. The highest BCUT2D eigenvalue weighted by atomic mass is 32.2. The number of anilines is 1. The third-order valence-corrected chi connectivity index (χ3v) is 3.90. The minimum absolute atomic E-state index is 0.0145. The highest BCUT2D eigenvalue weighted by molar-refractivity contribution is 8.00. The van der Waals surface area contributed by atoms with Crippen LogP contribution in [0.5, 0.6) is 0 Å². The molecule has 2 rings (SSSR count). The fourth-order valence-corrected chi connectivity index (χ4v) is 2.75. The molecule has 0 saturated carbocycles. The van der Waals surface area contributed by atoms with Gasteiger partial charge in [-0.2, -0.15) is 0 Å². The summed E-state index contributed by atoms with van der Waals surface area (Å²) < 4.78 is 4.86. The Labute approximate surface area is 121 Å². The Hall–Kier alpha value is -1.54. The molecule has 0 spiro atoms. The first kappa shape index (κ1) is 14.9. The number of aryl methyl sites for hydroxylation is 1. The molecule has 7 nitrogen and oxygen atoms in total. The molecule has 2 amide bonds. The van der Waals surface area contributed by atoms with Crippen LogP contribution in [0.4, 0.5) is 5.82 Å². The summed E-state index contributed by atoms with van der Waals surface area (Å²) in [5, 5.41) is 12.4. The third kappa shape index (κ3) is 4.24. The topological polar surface area (TPSA) is 96.3 Å². The molecule has 1 aliphatic rings. The predicted octanol–water partition coefficient (Wildman–Crippen LogP) is 0.826. The van der Waals surface area contributed by atoms with Crippen molar-refractivity contribution >= 4 is 29.4 Å². The van der Waals surface area contributed by atoms with Crippen molar-refractivity contribution in [3.05, 3.63) is 11.8 Å². The average molecular weight is 298 g/mol. The van der Waals surface area contributed by atoms with Gasteiger partial charge in [0.25, 0.3) is 0 Å². The SMILES string of the molecule is CCC1CC(=O)NC(SCC(=O)Nc2cc(C)on2)N1. The first-order chi connectivity index (χ1) is 9.56. The molecular weight excluding hydrogens is 280 g/mol. The number of hydrogen-bond donors (Lipinski definition) is 3. The molecule has 1 saturated heterocycles. The molecule has 0 aromatic carbocycles. The molecule has 0 bridgehead atoms. The molecule has 2 atom stereocenters. The second-order valence-electron chi connectivity index (χ2n) is 4.61. The number of rotatable bonds is 5. The van der Waals surface area contributed by atoms with Gasteiger partial charge in [-0.25, -0.2) is 0 Å². The van der Waals surface area contributed by atoms with Crippen molar-refractivity contribution < 1.29 is 14.1 Å². The van der Waals surface area contributed by atoms with Crippen molar-refractivity contribution in [3.8, 4) is 0 Å². The maximum absolute atomic E-state index is 11.7. The number of aromatic nitrogens is 1. The van der Waals surface area contributed by atoms with Crippen LogP contribution in [0.25, 0.3) is 0 Å². The summed E-state index contributed by atoms with van der Waals surface area (Å²) in [7, 11) is 0. The molecule has 1 aromatic heterocycles. The van der Waals surface area contributed by atoms with Crippen molar-refractivity contribution in [3.63, 3.8) is 0 Å². The van der Waals surface area contributed by atoms with Crippen molar-refractivity contribution in [2.24, 2.45) is 0 Å². The summed E-state index contributed by atoms with van der Waals surface area (Å²) >= 11 is 1.34. The van der Waals surface area contributed by atoms with E-state index in [0.717, 1.165) is 6.42 Å². The molecule has 1 fully saturated rings. The van der Waals surface area contributed by atoms with E-state index in [1.807, 2.05) is 6.92 Å². The van der Waals surface area contributed by atoms with Gasteiger partial charge in [0, 0.05) is 18.5 Å². The number of nitrogens with zero attached hydrogens (tertiary/aromatic N) is 1. The normalized spacial score (nSPS) is 22.4. The van der Waals surface area contributed by atoms with Crippen molar-refractivity contribution in [1.82, 2.24) is 15.8 Å². The van der Waals surface area contributed by atoms with Crippen LogP contribution in [0, 0.1) is 6.92 Å². The zero-order valence-electron chi connectivity index (χ0n) is 11.4. The highest BCUT2D eigenvalue weighted by Gasteiger charge is 2.25. The Bertz CT molecular complexity index is 491. The van der Waals surface area contributed by atoms with E-state index in [2.05, 4.69) is 21.1 Å². The Morgan fingerprint density at radius 3 is 3.10 bits per heavy atom. The summed E-state index contributed by atoms with van der Waals surface area (Å²) in [5.41, 5.74) is -0.231. The maximum atomic E-state index is 11.7. The fourth-order valence-electron chi connectivity index (χ4n) is 1.86. The lowest BCUT2D eigenvalue weighted by Gasteiger charge is -2.30. The van der Waals surface area contributed by atoms with Gasteiger partial charge in [0.2, 0.25) is 11.8 Å². The molecule has 20 heavy (non-hydrogen) atoms. The highest BCUT2D eigenvalue weighted by Crippen LogP contribution is 2.14. The van der Waals surface area contributed by atoms with E-state index < -0.39 is 0 Å². The van der Waals surface area contributed by atoms with E-state index in [1.54, 1.807) is 13.0 Å². The van der Waals surface area contributed by atoms with Crippen LogP contribution in [0.3, 0.4) is 0 Å². The van der Waals surface area contributed by atoms with Crippen LogP contribution in [0.15, 0.2) is 10.6 Å². The number of carbonyl (C=O) groups excluding carboxylic acids is 2. The van der Waals surface area contributed by atoms with Gasteiger partial charge in [0.15, 0.2) is 5.82 Å². The zero-order chi connectivity index (χ0) is 14.5. The second kappa shape index (κ2) is 6.76. The average Bonchev–Trinajstić information content (AvgIpc) is 2.81. The standard InChI is InChI=1S/C12H18N4O3S/c1-3-8-5-10(17)15-12(13-8)20-6-11(18)14-9-4-7(2)19-16-9/h4,8,12-13H,3,5-6H2,1-2H3,(H,15,17)(H,14,16,18). The van der Waals surface area contributed by atoms with E-state index in [0.29, 0.717) is 18.0 Å². The van der Waals surface area contributed by atoms with Crippen LogP contribution in [-0.2, 0) is 9.59 Å². The van der Waals surface area contributed by atoms with Crippen molar-refractivity contribution in [1.29, 1.82) is 0 Å². The van der Waals surface area contributed by atoms with Gasteiger partial charge in [-0.05, 0) is 13.3 Å². The van der Waals surface area contributed by atoms with Gasteiger partial charge in [0.1, 0.15) is 11.3 Å². The van der Waals surface area contributed by atoms with Gasteiger partial charge >= 0.3 is 0 Å². The van der Waals surface area contributed by atoms with Gasteiger partial charge in [-0.1, -0.05) is 12.1 Å². The molecule has 2 heterocycles. The first-order valence-electron chi connectivity index (χ1n) is 6.47. The molecule has 2 unspecified atom stereocenters. The molecular formula is C12H18N4O3S. The first-order valence-corrected chi connectivity index (χ1v) is 7.52. The molecule has 8 heteroatoms. The maximum Gasteiger partial charge on any atom is 0.235 e. The van der Waals surface area contributed by atoms with Gasteiger partial charge in [-0.15, -0.1) is 11.8 Å². The summed E-state index contributed by atoms with van der Waals surface area (Å²) in [5.74, 6) is 1.10. The summed E-state index contributed by atoms with van der Waals surface area (Å²) in [6.07, 6.45) is 1.37. The van der Waals surface area contributed by atoms with Crippen LogP contribution >= 0.6 is 11.8 Å². The Balaban J connectivity index is 1.76. The minimum atomic E-state index is -0.231. The predicted molar refractivity (Wildman–Crippen MR) is 76.1 cm³/mol. The molecule has 0 radical (unpaired) electrons. The van der Waals surface area contributed by atoms with Crippen LogP contribution in [0.2, 0.25) is 0 Å². The Morgan fingerprint density at radius 1 is 1.65 bits per heavy atom. The van der Waals surface area contributed by atoms with Crippen LogP contribution < -0.4 is 16.0 Å². The summed E-state index contributed by atoms with van der Waals surface area (Å²) in [6, 6.07) is 1.82. The van der Waals surface area contributed by atoms with E-state index in [1.165, 1.54) is 11.8 Å². The van der Waals surface area contributed by atoms with E-state index in [9.17, 15) is 9.59 Å². The van der Waals surface area contributed by atoms with E-state index >= 15 is 0 Å². The van der Waals surface area contributed by atoms with Crippen LogP contribution in [0.1, 0.15) is 25.5 Å². The monoisotopic (exact) mass is 298 g/mol. The Kier molecular flexibility index (Phi) is 5.02.